The topological polar surface area (TPSA) is 44.5 Å². The van der Waals surface area contributed by atoms with E-state index >= 15 is 0 Å². The molecule has 3 nitrogen and oxygen atoms in total. The van der Waals surface area contributed by atoms with Gasteiger partial charge in [0.25, 0.3) is 0 Å². The number of rotatable bonds is 6. The Bertz CT molecular complexity index is 305. The van der Waals surface area contributed by atoms with E-state index in [2.05, 4.69) is 29.5 Å². The van der Waals surface area contributed by atoms with Crippen LogP contribution in [0.4, 0.5) is 5.69 Å². The SMILES string of the molecule is CCCOCCOc1ccc(I)cc1N. The van der Waals surface area contributed by atoms with Crippen molar-refractivity contribution in [1.29, 1.82) is 0 Å². The molecule has 0 aliphatic carbocycles. The van der Waals surface area contributed by atoms with Crippen molar-refractivity contribution in [3.8, 4) is 5.75 Å². The Hall–Kier alpha value is -0.490. The molecule has 0 amide bonds. The molecule has 0 spiro atoms. The fourth-order valence-corrected chi connectivity index (χ4v) is 1.62. The van der Waals surface area contributed by atoms with Crippen LogP contribution in [0, 0.1) is 3.57 Å². The van der Waals surface area contributed by atoms with Gasteiger partial charge in [0, 0.05) is 10.2 Å². The maximum Gasteiger partial charge on any atom is 0.142 e. The summed E-state index contributed by atoms with van der Waals surface area (Å²) >= 11 is 2.22. The number of halogens is 1. The first-order chi connectivity index (χ1) is 7.24. The predicted octanol–water partition coefficient (Wildman–Crippen LogP) is 2.68. The van der Waals surface area contributed by atoms with Crippen molar-refractivity contribution in [2.45, 2.75) is 13.3 Å². The molecule has 1 aromatic rings. The zero-order valence-corrected chi connectivity index (χ0v) is 11.0. The standard InChI is InChI=1S/C11H16INO2/c1-2-5-14-6-7-15-11-4-3-9(12)8-10(11)13/h3-4,8H,2,5-7,13H2,1H3. The van der Waals surface area contributed by atoms with Crippen molar-refractivity contribution in [3.05, 3.63) is 21.8 Å². The lowest BCUT2D eigenvalue weighted by atomic mass is 10.3. The molecule has 0 aliphatic rings. The second-order valence-corrected chi connectivity index (χ2v) is 4.39. The van der Waals surface area contributed by atoms with Crippen LogP contribution in [0.25, 0.3) is 0 Å². The smallest absolute Gasteiger partial charge is 0.142 e. The second kappa shape index (κ2) is 6.90. The largest absolute Gasteiger partial charge is 0.489 e. The highest BCUT2D eigenvalue weighted by Crippen LogP contribution is 2.23. The minimum absolute atomic E-state index is 0.546. The van der Waals surface area contributed by atoms with Crippen LogP contribution in [-0.2, 0) is 4.74 Å². The molecule has 15 heavy (non-hydrogen) atoms. The summed E-state index contributed by atoms with van der Waals surface area (Å²) in [6, 6.07) is 5.75. The molecule has 0 saturated heterocycles. The maximum absolute atomic E-state index is 5.79. The lowest BCUT2D eigenvalue weighted by molar-refractivity contribution is 0.101. The Kier molecular flexibility index (Phi) is 5.78. The number of benzene rings is 1. The number of anilines is 1. The highest BCUT2D eigenvalue weighted by molar-refractivity contribution is 14.1. The molecule has 0 saturated carbocycles. The van der Waals surface area contributed by atoms with Gasteiger partial charge in [0.15, 0.2) is 0 Å². The van der Waals surface area contributed by atoms with Gasteiger partial charge in [0.2, 0.25) is 0 Å². The third-order valence-electron chi connectivity index (χ3n) is 1.81. The van der Waals surface area contributed by atoms with Gasteiger partial charge in [-0.25, -0.2) is 0 Å². The van der Waals surface area contributed by atoms with Crippen LogP contribution < -0.4 is 10.5 Å². The van der Waals surface area contributed by atoms with Crippen LogP contribution in [0.3, 0.4) is 0 Å². The first-order valence-corrected chi connectivity index (χ1v) is 6.07. The first kappa shape index (κ1) is 12.6. The van der Waals surface area contributed by atoms with Crippen LogP contribution in [-0.4, -0.2) is 19.8 Å². The molecule has 0 aromatic heterocycles. The van der Waals surface area contributed by atoms with Crippen LogP contribution in [0.5, 0.6) is 5.75 Å². The van der Waals surface area contributed by atoms with Crippen LogP contribution in [0.1, 0.15) is 13.3 Å². The average molecular weight is 321 g/mol. The molecule has 0 heterocycles. The fourth-order valence-electron chi connectivity index (χ4n) is 1.11. The maximum atomic E-state index is 5.79. The Balaban J connectivity index is 2.31. The van der Waals surface area contributed by atoms with E-state index in [4.69, 9.17) is 15.2 Å². The molecule has 1 aromatic carbocycles. The van der Waals surface area contributed by atoms with Gasteiger partial charge in [0.1, 0.15) is 12.4 Å². The quantitative estimate of drug-likeness (QED) is 0.498. The van der Waals surface area contributed by atoms with Gasteiger partial charge >= 0.3 is 0 Å². The van der Waals surface area contributed by atoms with Crippen LogP contribution >= 0.6 is 22.6 Å². The van der Waals surface area contributed by atoms with Gasteiger partial charge < -0.3 is 15.2 Å². The molecule has 0 fully saturated rings. The summed E-state index contributed by atoms with van der Waals surface area (Å²) in [5.74, 6) is 0.732. The van der Waals surface area contributed by atoms with Gasteiger partial charge in [-0.2, -0.15) is 0 Å². The zero-order chi connectivity index (χ0) is 11.1. The van der Waals surface area contributed by atoms with Gasteiger partial charge in [0.05, 0.1) is 12.3 Å². The van der Waals surface area contributed by atoms with Gasteiger partial charge in [-0.15, -0.1) is 0 Å². The summed E-state index contributed by atoms with van der Waals surface area (Å²) in [4.78, 5) is 0. The summed E-state index contributed by atoms with van der Waals surface area (Å²) in [6.45, 7) is 4.02. The lowest BCUT2D eigenvalue weighted by Crippen LogP contribution is -2.08. The Morgan fingerprint density at radius 1 is 1.27 bits per heavy atom. The van der Waals surface area contributed by atoms with Gasteiger partial charge in [-0.1, -0.05) is 6.92 Å². The van der Waals surface area contributed by atoms with Crippen LogP contribution in [0.15, 0.2) is 18.2 Å². The van der Waals surface area contributed by atoms with Crippen molar-refractivity contribution < 1.29 is 9.47 Å². The summed E-state index contributed by atoms with van der Waals surface area (Å²) in [5, 5.41) is 0. The second-order valence-electron chi connectivity index (χ2n) is 3.14. The molecule has 0 aliphatic heterocycles. The molecule has 0 atom stereocenters. The van der Waals surface area contributed by atoms with E-state index in [1.54, 1.807) is 0 Å². The van der Waals surface area contributed by atoms with E-state index in [0.29, 0.717) is 18.9 Å². The lowest BCUT2D eigenvalue weighted by Gasteiger charge is -2.09. The first-order valence-electron chi connectivity index (χ1n) is 4.99. The van der Waals surface area contributed by atoms with Crippen molar-refractivity contribution in [3.63, 3.8) is 0 Å². The van der Waals surface area contributed by atoms with E-state index in [0.717, 1.165) is 22.3 Å². The summed E-state index contributed by atoms with van der Waals surface area (Å²) in [6.07, 6.45) is 1.03. The molecule has 84 valence electrons. The van der Waals surface area contributed by atoms with E-state index < -0.39 is 0 Å². The minimum atomic E-state index is 0.546. The Morgan fingerprint density at radius 2 is 2.07 bits per heavy atom. The monoisotopic (exact) mass is 321 g/mol. The molecule has 4 heteroatoms. The number of ether oxygens (including phenoxy) is 2. The minimum Gasteiger partial charge on any atom is -0.489 e. The Labute approximate surface area is 104 Å². The number of nitrogens with two attached hydrogens (primary N) is 1. The highest BCUT2D eigenvalue weighted by atomic mass is 127. The van der Waals surface area contributed by atoms with E-state index in [1.807, 2.05) is 18.2 Å². The molecule has 0 bridgehead atoms. The number of hydrogen-bond donors (Lipinski definition) is 1. The highest BCUT2D eigenvalue weighted by Gasteiger charge is 2.00. The number of hydrogen-bond acceptors (Lipinski definition) is 3. The van der Waals surface area contributed by atoms with Crippen molar-refractivity contribution in [2.75, 3.05) is 25.6 Å². The summed E-state index contributed by atoms with van der Waals surface area (Å²) in [7, 11) is 0. The van der Waals surface area contributed by atoms with Gasteiger partial charge in [-0.3, -0.25) is 0 Å². The Morgan fingerprint density at radius 3 is 2.73 bits per heavy atom. The average Bonchev–Trinajstić information content (AvgIpc) is 2.20. The normalized spacial score (nSPS) is 10.3. The molecule has 1 rings (SSSR count). The van der Waals surface area contributed by atoms with Crippen molar-refractivity contribution in [2.24, 2.45) is 0 Å². The molecular weight excluding hydrogens is 305 g/mol. The zero-order valence-electron chi connectivity index (χ0n) is 8.83. The molecule has 2 N–H and O–H groups in total. The molecule has 0 radical (unpaired) electrons. The summed E-state index contributed by atoms with van der Waals surface area (Å²) in [5.41, 5.74) is 6.47. The molecule has 0 unspecified atom stereocenters. The summed E-state index contributed by atoms with van der Waals surface area (Å²) < 4.78 is 11.9. The van der Waals surface area contributed by atoms with E-state index in [9.17, 15) is 0 Å². The van der Waals surface area contributed by atoms with Gasteiger partial charge in [-0.05, 0) is 47.2 Å². The van der Waals surface area contributed by atoms with E-state index in [-0.39, 0.29) is 0 Å². The van der Waals surface area contributed by atoms with Crippen molar-refractivity contribution in [1.82, 2.24) is 0 Å². The van der Waals surface area contributed by atoms with Crippen LogP contribution in [0.2, 0.25) is 0 Å². The number of nitrogen functional groups attached to an aromatic ring is 1. The van der Waals surface area contributed by atoms with Crippen molar-refractivity contribution >= 4 is 28.3 Å². The third-order valence-corrected chi connectivity index (χ3v) is 2.48. The third kappa shape index (κ3) is 4.70. The fraction of sp³-hybridized carbons (Fsp3) is 0.455. The molecular formula is C11H16INO2. The predicted molar refractivity (Wildman–Crippen MR) is 70.2 cm³/mol. The van der Waals surface area contributed by atoms with E-state index in [1.165, 1.54) is 0 Å².